The van der Waals surface area contributed by atoms with Gasteiger partial charge >= 0.3 is 0 Å². The summed E-state index contributed by atoms with van der Waals surface area (Å²) in [5, 5.41) is 0. The van der Waals surface area contributed by atoms with Crippen molar-refractivity contribution in [1.29, 1.82) is 0 Å². The molecule has 0 radical (unpaired) electrons. The van der Waals surface area contributed by atoms with Crippen LogP contribution in [0.3, 0.4) is 0 Å². The number of ether oxygens (including phenoxy) is 2. The molecule has 0 aliphatic carbocycles. The fourth-order valence-corrected chi connectivity index (χ4v) is 3.50. The third kappa shape index (κ3) is 2.37. The van der Waals surface area contributed by atoms with E-state index in [4.69, 9.17) is 9.47 Å². The number of hydrogen-bond acceptors (Lipinski definition) is 2. The Morgan fingerprint density at radius 2 is 1.82 bits per heavy atom. The van der Waals surface area contributed by atoms with Crippen molar-refractivity contribution in [3.63, 3.8) is 0 Å². The Balaban J connectivity index is 1.69. The quantitative estimate of drug-likeness (QED) is 0.748. The van der Waals surface area contributed by atoms with E-state index in [2.05, 4.69) is 56.3 Å². The van der Waals surface area contributed by atoms with E-state index >= 15 is 0 Å². The van der Waals surface area contributed by atoms with Gasteiger partial charge in [0.05, 0.1) is 0 Å². The van der Waals surface area contributed by atoms with Crippen LogP contribution in [0, 0.1) is 0 Å². The predicted molar refractivity (Wildman–Crippen MR) is 87.6 cm³/mol. The molecular formula is C20H22O2. The van der Waals surface area contributed by atoms with E-state index < -0.39 is 0 Å². The molecule has 0 saturated carbocycles. The lowest BCUT2D eigenvalue weighted by atomic mass is 9.89. The Morgan fingerprint density at radius 1 is 1.00 bits per heavy atom. The van der Waals surface area contributed by atoms with E-state index in [1.54, 1.807) is 0 Å². The van der Waals surface area contributed by atoms with Gasteiger partial charge in [0.2, 0.25) is 0 Å². The molecule has 0 spiro atoms. The molecule has 0 fully saturated rings. The van der Waals surface area contributed by atoms with Gasteiger partial charge < -0.3 is 9.47 Å². The summed E-state index contributed by atoms with van der Waals surface area (Å²) in [7, 11) is 0. The predicted octanol–water partition coefficient (Wildman–Crippen LogP) is 4.86. The van der Waals surface area contributed by atoms with Crippen LogP contribution in [-0.4, -0.2) is 5.60 Å². The first kappa shape index (κ1) is 13.7. The van der Waals surface area contributed by atoms with Crippen molar-refractivity contribution in [2.75, 3.05) is 0 Å². The largest absolute Gasteiger partial charge is 0.487 e. The minimum atomic E-state index is -0.0747. The molecule has 1 unspecified atom stereocenters. The van der Waals surface area contributed by atoms with Gasteiger partial charge in [-0.25, -0.2) is 0 Å². The molecule has 0 saturated heterocycles. The van der Waals surface area contributed by atoms with Gasteiger partial charge in [-0.3, -0.25) is 0 Å². The summed E-state index contributed by atoms with van der Waals surface area (Å²) in [6, 6.07) is 14.8. The van der Waals surface area contributed by atoms with Crippen LogP contribution in [0.5, 0.6) is 11.5 Å². The maximum atomic E-state index is 6.40. The SMILES string of the molecule is CC1(C)CCc2c(ccc3c2OC(c2ccccc2)CC3)O1. The van der Waals surface area contributed by atoms with Crippen molar-refractivity contribution in [1.82, 2.24) is 0 Å². The van der Waals surface area contributed by atoms with E-state index in [1.807, 2.05) is 0 Å². The number of rotatable bonds is 1. The summed E-state index contributed by atoms with van der Waals surface area (Å²) >= 11 is 0. The van der Waals surface area contributed by atoms with Crippen molar-refractivity contribution in [2.24, 2.45) is 0 Å². The van der Waals surface area contributed by atoms with Crippen LogP contribution in [0.1, 0.15) is 49.5 Å². The second-order valence-corrected chi connectivity index (χ2v) is 6.95. The van der Waals surface area contributed by atoms with Crippen LogP contribution in [0.25, 0.3) is 0 Å². The zero-order valence-electron chi connectivity index (χ0n) is 13.3. The molecule has 4 rings (SSSR count). The molecule has 2 aliphatic heterocycles. The van der Waals surface area contributed by atoms with Crippen molar-refractivity contribution in [2.45, 2.75) is 51.2 Å². The summed E-state index contributed by atoms with van der Waals surface area (Å²) in [5.41, 5.74) is 3.78. The molecule has 0 bridgehead atoms. The molecule has 2 nitrogen and oxygen atoms in total. The summed E-state index contributed by atoms with van der Waals surface area (Å²) in [6.07, 6.45) is 4.35. The lowest BCUT2D eigenvalue weighted by Gasteiger charge is -2.36. The van der Waals surface area contributed by atoms with Crippen molar-refractivity contribution in [3.05, 3.63) is 59.2 Å². The molecule has 22 heavy (non-hydrogen) atoms. The molecular weight excluding hydrogens is 272 g/mol. The molecule has 2 aromatic carbocycles. The normalized spacial score (nSPS) is 22.0. The van der Waals surface area contributed by atoms with Gasteiger partial charge in [0.15, 0.2) is 0 Å². The van der Waals surface area contributed by atoms with E-state index in [-0.39, 0.29) is 11.7 Å². The van der Waals surface area contributed by atoms with Crippen LogP contribution in [0.15, 0.2) is 42.5 Å². The maximum absolute atomic E-state index is 6.40. The van der Waals surface area contributed by atoms with Crippen molar-refractivity contribution >= 4 is 0 Å². The number of benzene rings is 2. The lowest BCUT2D eigenvalue weighted by Crippen LogP contribution is -2.33. The summed E-state index contributed by atoms with van der Waals surface area (Å²) in [4.78, 5) is 0. The van der Waals surface area contributed by atoms with Gasteiger partial charge in [0, 0.05) is 5.56 Å². The second-order valence-electron chi connectivity index (χ2n) is 6.95. The minimum Gasteiger partial charge on any atom is -0.487 e. The van der Waals surface area contributed by atoms with Gasteiger partial charge in [0.25, 0.3) is 0 Å². The fraction of sp³-hybridized carbons (Fsp3) is 0.400. The first-order chi connectivity index (χ1) is 10.6. The average molecular weight is 294 g/mol. The van der Waals surface area contributed by atoms with Crippen molar-refractivity contribution < 1.29 is 9.47 Å². The topological polar surface area (TPSA) is 18.5 Å². The Morgan fingerprint density at radius 3 is 2.64 bits per heavy atom. The third-order valence-corrected chi connectivity index (χ3v) is 4.77. The standard InChI is InChI=1S/C20H22O2/c1-20(2)13-12-16-18(22-20)11-9-15-8-10-17(21-19(15)16)14-6-4-3-5-7-14/h3-7,9,11,17H,8,10,12-13H2,1-2H3. The Kier molecular flexibility index (Phi) is 3.14. The van der Waals surface area contributed by atoms with Crippen LogP contribution >= 0.6 is 0 Å². The summed E-state index contributed by atoms with van der Waals surface area (Å²) in [6.45, 7) is 4.31. The zero-order valence-corrected chi connectivity index (χ0v) is 13.3. The summed E-state index contributed by atoms with van der Waals surface area (Å²) in [5.74, 6) is 2.08. The van der Waals surface area contributed by atoms with E-state index in [1.165, 1.54) is 16.7 Å². The molecule has 0 N–H and O–H groups in total. The number of hydrogen-bond donors (Lipinski definition) is 0. The monoisotopic (exact) mass is 294 g/mol. The van der Waals surface area contributed by atoms with Crippen LogP contribution in [-0.2, 0) is 12.8 Å². The molecule has 2 heteroatoms. The Hall–Kier alpha value is -1.96. The highest BCUT2D eigenvalue weighted by Crippen LogP contribution is 2.45. The first-order valence-corrected chi connectivity index (χ1v) is 8.18. The van der Waals surface area contributed by atoms with Crippen LogP contribution in [0.4, 0.5) is 0 Å². The fourth-order valence-electron chi connectivity index (χ4n) is 3.50. The molecule has 1 atom stereocenters. The van der Waals surface area contributed by atoms with Gasteiger partial charge in [0.1, 0.15) is 23.2 Å². The molecule has 0 amide bonds. The minimum absolute atomic E-state index is 0.0747. The molecule has 2 heterocycles. The van der Waals surface area contributed by atoms with Gasteiger partial charge in [-0.15, -0.1) is 0 Å². The Bertz CT molecular complexity index is 688. The molecule has 2 aromatic rings. The van der Waals surface area contributed by atoms with E-state index in [0.717, 1.165) is 37.2 Å². The van der Waals surface area contributed by atoms with Gasteiger partial charge in [-0.05, 0) is 56.7 Å². The zero-order chi connectivity index (χ0) is 15.2. The van der Waals surface area contributed by atoms with Gasteiger partial charge in [-0.2, -0.15) is 0 Å². The Labute approximate surface area is 132 Å². The third-order valence-electron chi connectivity index (χ3n) is 4.77. The highest BCUT2D eigenvalue weighted by atomic mass is 16.5. The first-order valence-electron chi connectivity index (χ1n) is 8.18. The highest BCUT2D eigenvalue weighted by Gasteiger charge is 2.32. The maximum Gasteiger partial charge on any atom is 0.130 e. The smallest absolute Gasteiger partial charge is 0.130 e. The summed E-state index contributed by atoms with van der Waals surface area (Å²) < 4.78 is 12.6. The number of aryl methyl sites for hydroxylation is 1. The van der Waals surface area contributed by atoms with Crippen LogP contribution in [0.2, 0.25) is 0 Å². The van der Waals surface area contributed by atoms with Crippen molar-refractivity contribution in [3.8, 4) is 11.5 Å². The second kappa shape index (κ2) is 5.05. The van der Waals surface area contributed by atoms with E-state index in [0.29, 0.717) is 0 Å². The van der Waals surface area contributed by atoms with E-state index in [9.17, 15) is 0 Å². The highest BCUT2D eigenvalue weighted by molar-refractivity contribution is 5.52. The molecule has 2 aliphatic rings. The molecule has 0 aromatic heterocycles. The lowest BCUT2D eigenvalue weighted by molar-refractivity contribution is 0.0809. The van der Waals surface area contributed by atoms with Crippen LogP contribution < -0.4 is 9.47 Å². The number of fused-ring (bicyclic) bond motifs is 3. The molecule has 114 valence electrons. The average Bonchev–Trinajstić information content (AvgIpc) is 2.54. The van der Waals surface area contributed by atoms with Gasteiger partial charge in [-0.1, -0.05) is 36.4 Å².